The number of rotatable bonds is 6. The highest BCUT2D eigenvalue weighted by Crippen LogP contribution is 2.34. The van der Waals surface area contributed by atoms with Crippen LogP contribution in [0.15, 0.2) is 93.5 Å². The number of ether oxygens (including phenoxy) is 1. The second-order valence-corrected chi connectivity index (χ2v) is 11.7. The highest BCUT2D eigenvalue weighted by molar-refractivity contribution is 9.10. The van der Waals surface area contributed by atoms with Crippen LogP contribution >= 0.6 is 15.9 Å². The Morgan fingerprint density at radius 2 is 1.80 bits per heavy atom. The maximum Gasteiger partial charge on any atom is 0.306 e. The summed E-state index contributed by atoms with van der Waals surface area (Å²) in [5.74, 6) is 0.596. The average Bonchev–Trinajstić information content (AvgIpc) is 3.23. The molecular formula is C29H29BrN4O5S. The minimum absolute atomic E-state index is 0.0741. The van der Waals surface area contributed by atoms with Gasteiger partial charge in [0, 0.05) is 34.5 Å². The molecule has 1 aliphatic rings. The van der Waals surface area contributed by atoms with E-state index in [0.717, 1.165) is 38.6 Å². The summed E-state index contributed by atoms with van der Waals surface area (Å²) in [6.07, 6.45) is 4.26. The van der Waals surface area contributed by atoms with Crippen molar-refractivity contribution in [1.29, 1.82) is 0 Å². The van der Waals surface area contributed by atoms with E-state index < -0.39 is 10.1 Å². The van der Waals surface area contributed by atoms with Crippen LogP contribution in [0.25, 0.3) is 5.69 Å². The Labute approximate surface area is 241 Å². The second-order valence-electron chi connectivity index (χ2n) is 9.33. The van der Waals surface area contributed by atoms with Gasteiger partial charge in [0.05, 0.1) is 28.1 Å². The maximum absolute atomic E-state index is 12.2. The highest BCUT2D eigenvalue weighted by Gasteiger charge is 2.28. The first-order chi connectivity index (χ1) is 19.0. The van der Waals surface area contributed by atoms with Gasteiger partial charge in [0.25, 0.3) is 10.1 Å². The molecule has 2 aromatic heterocycles. The number of hydrogen-bond donors (Lipinski definition) is 1. The van der Waals surface area contributed by atoms with E-state index in [0.29, 0.717) is 6.42 Å². The number of fused-ring (bicyclic) bond motifs is 3. The number of carbonyl (C=O) groups excluding carboxylic acids is 1. The molecule has 0 saturated carbocycles. The second kappa shape index (κ2) is 12.7. The van der Waals surface area contributed by atoms with Crippen molar-refractivity contribution in [2.24, 2.45) is 4.99 Å². The van der Waals surface area contributed by atoms with Gasteiger partial charge >= 0.3 is 5.97 Å². The van der Waals surface area contributed by atoms with Gasteiger partial charge in [-0.15, -0.1) is 0 Å². The van der Waals surface area contributed by atoms with Crippen LogP contribution in [0.5, 0.6) is 0 Å². The lowest BCUT2D eigenvalue weighted by Gasteiger charge is -2.14. The molecule has 0 aliphatic carbocycles. The summed E-state index contributed by atoms with van der Waals surface area (Å²) in [7, 11) is -4.00. The predicted octanol–water partition coefficient (Wildman–Crippen LogP) is 5.90. The third-order valence-corrected chi connectivity index (χ3v) is 7.30. The Hall–Kier alpha value is -3.67. The summed E-state index contributed by atoms with van der Waals surface area (Å²) in [4.78, 5) is 26.4. The molecule has 11 heteroatoms. The normalized spacial score (nSPS) is 14.2. The third kappa shape index (κ3) is 7.09. The largest absolute Gasteiger partial charge is 0.463 e. The lowest BCUT2D eigenvalue weighted by molar-refractivity contribution is -0.147. The molecule has 0 amide bonds. The summed E-state index contributed by atoms with van der Waals surface area (Å²) in [6.45, 7) is 5.73. The zero-order valence-corrected chi connectivity index (χ0v) is 24.6. The molecule has 3 heterocycles. The van der Waals surface area contributed by atoms with Crippen molar-refractivity contribution in [3.63, 3.8) is 0 Å². The third-order valence-electron chi connectivity index (χ3n) is 5.94. The summed E-state index contributed by atoms with van der Waals surface area (Å²) < 4.78 is 37.6. The van der Waals surface area contributed by atoms with E-state index in [-0.39, 0.29) is 29.4 Å². The van der Waals surface area contributed by atoms with E-state index in [1.54, 1.807) is 24.4 Å². The number of aromatic nitrogens is 3. The van der Waals surface area contributed by atoms with Crippen LogP contribution in [-0.2, 0) is 19.6 Å². The molecule has 0 saturated heterocycles. The zero-order valence-electron chi connectivity index (χ0n) is 22.2. The topological polar surface area (TPSA) is 124 Å². The van der Waals surface area contributed by atoms with Gasteiger partial charge in [0.2, 0.25) is 0 Å². The first kappa shape index (κ1) is 29.3. The predicted molar refractivity (Wildman–Crippen MR) is 155 cm³/mol. The van der Waals surface area contributed by atoms with Gasteiger partial charge in [-0.05, 0) is 69.7 Å². The molecule has 40 heavy (non-hydrogen) atoms. The fourth-order valence-electron chi connectivity index (χ4n) is 4.25. The molecule has 1 aliphatic heterocycles. The number of carbonyl (C=O) groups is 1. The number of aliphatic imine (C=N–C) groups is 1. The smallest absolute Gasteiger partial charge is 0.306 e. The van der Waals surface area contributed by atoms with Gasteiger partial charge in [-0.2, -0.15) is 8.42 Å². The molecule has 0 fully saturated rings. The molecule has 2 aromatic carbocycles. The number of imidazole rings is 1. The summed E-state index contributed by atoms with van der Waals surface area (Å²) in [5, 5.41) is 0. The lowest BCUT2D eigenvalue weighted by Crippen LogP contribution is -2.13. The number of aryl methyl sites for hydroxylation is 1. The molecular weight excluding hydrogens is 596 g/mol. The van der Waals surface area contributed by atoms with Crippen molar-refractivity contribution >= 4 is 37.7 Å². The van der Waals surface area contributed by atoms with Crippen LogP contribution in [0, 0.1) is 6.92 Å². The Kier molecular flexibility index (Phi) is 9.28. The molecule has 0 bridgehead atoms. The van der Waals surface area contributed by atoms with E-state index in [1.807, 2.05) is 51.2 Å². The Morgan fingerprint density at radius 1 is 1.07 bits per heavy atom. The Balaban J connectivity index is 0.000000312. The Morgan fingerprint density at radius 3 is 2.42 bits per heavy atom. The van der Waals surface area contributed by atoms with Crippen LogP contribution < -0.4 is 0 Å². The van der Waals surface area contributed by atoms with Crippen molar-refractivity contribution in [2.75, 3.05) is 0 Å². The van der Waals surface area contributed by atoms with Crippen LogP contribution in [-0.4, -0.2) is 45.3 Å². The fourth-order valence-corrected chi connectivity index (χ4v) is 5.11. The lowest BCUT2D eigenvalue weighted by atomic mass is 10.0. The SMILES string of the molecule is Cc1cnc2n1-c1ccc(Br)cc1C(c1ccccn1)=N[C@H]2CCC(=O)OC(C)C.O=S(=O)(O)c1ccccc1. The van der Waals surface area contributed by atoms with Crippen molar-refractivity contribution in [1.82, 2.24) is 14.5 Å². The van der Waals surface area contributed by atoms with Gasteiger partial charge in [-0.25, -0.2) is 4.98 Å². The fraction of sp³-hybridized carbons (Fsp3) is 0.241. The van der Waals surface area contributed by atoms with Gasteiger partial charge in [0.1, 0.15) is 11.9 Å². The number of hydrogen-bond acceptors (Lipinski definition) is 7. The first-order valence-electron chi connectivity index (χ1n) is 12.6. The number of halogens is 1. The minimum atomic E-state index is -4.00. The molecule has 0 radical (unpaired) electrons. The average molecular weight is 626 g/mol. The van der Waals surface area contributed by atoms with E-state index in [1.165, 1.54) is 12.1 Å². The van der Waals surface area contributed by atoms with Crippen molar-refractivity contribution in [2.45, 2.75) is 50.7 Å². The molecule has 208 valence electrons. The van der Waals surface area contributed by atoms with E-state index >= 15 is 0 Å². The quantitative estimate of drug-likeness (QED) is 0.209. The molecule has 1 N–H and O–H groups in total. The Bertz CT molecular complexity index is 1620. The summed E-state index contributed by atoms with van der Waals surface area (Å²) in [5.41, 5.74) is 4.56. The molecule has 5 rings (SSSR count). The van der Waals surface area contributed by atoms with Gasteiger partial charge in [-0.3, -0.25) is 23.9 Å². The van der Waals surface area contributed by atoms with Gasteiger partial charge < -0.3 is 4.74 Å². The number of esters is 1. The van der Waals surface area contributed by atoms with Gasteiger partial charge in [-0.1, -0.05) is 40.2 Å². The zero-order chi connectivity index (χ0) is 28.9. The summed E-state index contributed by atoms with van der Waals surface area (Å²) in [6, 6.07) is 19.1. The summed E-state index contributed by atoms with van der Waals surface area (Å²) >= 11 is 3.59. The van der Waals surface area contributed by atoms with E-state index in [4.69, 9.17) is 14.3 Å². The number of nitrogens with zero attached hydrogens (tertiary/aromatic N) is 4. The maximum atomic E-state index is 12.2. The minimum Gasteiger partial charge on any atom is -0.463 e. The standard InChI is InChI=1S/C23H23BrN4O2.C6H6O3S/c1-14(2)30-21(29)10-8-19-23-26-13-15(3)28(23)20-9-7-16(24)12-17(20)22(27-19)18-6-4-5-11-25-18;7-10(8,9)6-4-2-1-3-5-6/h4-7,9,11-14,19H,8,10H2,1-3H3;1-5H,(H,7,8,9)/t19-;/m0./s1. The first-order valence-corrected chi connectivity index (χ1v) is 14.8. The highest BCUT2D eigenvalue weighted by atomic mass is 79.9. The molecule has 4 aromatic rings. The van der Waals surface area contributed by atoms with Crippen LogP contribution in [0.3, 0.4) is 0 Å². The van der Waals surface area contributed by atoms with E-state index in [2.05, 4.69) is 42.6 Å². The molecule has 1 atom stereocenters. The molecule has 0 unspecified atom stereocenters. The number of pyridine rings is 1. The van der Waals surface area contributed by atoms with Crippen LogP contribution in [0.2, 0.25) is 0 Å². The van der Waals surface area contributed by atoms with E-state index in [9.17, 15) is 13.2 Å². The molecule has 9 nitrogen and oxygen atoms in total. The van der Waals surface area contributed by atoms with Crippen molar-refractivity contribution in [3.8, 4) is 5.69 Å². The van der Waals surface area contributed by atoms with Crippen LogP contribution in [0.1, 0.15) is 55.5 Å². The number of benzene rings is 2. The van der Waals surface area contributed by atoms with Crippen molar-refractivity contribution in [3.05, 3.63) is 106 Å². The van der Waals surface area contributed by atoms with Gasteiger partial charge in [0.15, 0.2) is 0 Å². The monoisotopic (exact) mass is 624 g/mol. The molecule has 0 spiro atoms. The van der Waals surface area contributed by atoms with Crippen molar-refractivity contribution < 1.29 is 22.5 Å². The van der Waals surface area contributed by atoms with Crippen LogP contribution in [0.4, 0.5) is 0 Å².